The van der Waals surface area contributed by atoms with E-state index in [2.05, 4.69) is 32.7 Å². The number of pyridine rings is 2. The molecule has 46 heavy (non-hydrogen) atoms. The average Bonchev–Trinajstić information content (AvgIpc) is 3.57. The van der Waals surface area contributed by atoms with Gasteiger partial charge < -0.3 is 15.2 Å². The number of alkyl halides is 3. The summed E-state index contributed by atoms with van der Waals surface area (Å²) in [4.78, 5) is 24.3. The van der Waals surface area contributed by atoms with Crippen LogP contribution in [0, 0.1) is 0 Å². The smallest absolute Gasteiger partial charge is 0.366 e. The second kappa shape index (κ2) is 11.5. The number of benzene rings is 1. The van der Waals surface area contributed by atoms with E-state index in [9.17, 15) is 18.0 Å². The van der Waals surface area contributed by atoms with E-state index in [1.165, 1.54) is 11.0 Å². The fourth-order valence-corrected chi connectivity index (χ4v) is 6.89. The van der Waals surface area contributed by atoms with Crippen LogP contribution in [0.1, 0.15) is 89.4 Å². The molecule has 0 saturated heterocycles. The number of anilines is 2. The van der Waals surface area contributed by atoms with Crippen molar-refractivity contribution in [2.24, 2.45) is 7.05 Å². The first-order chi connectivity index (χ1) is 22.0. The first-order valence-corrected chi connectivity index (χ1v) is 15.8. The monoisotopic (exact) mass is 630 g/mol. The number of fused-ring (bicyclic) bond motifs is 1. The summed E-state index contributed by atoms with van der Waals surface area (Å²) in [5.41, 5.74) is 1.40. The minimum Gasteiger partial charge on any atom is -0.366 e. The minimum absolute atomic E-state index is 0.00736. The van der Waals surface area contributed by atoms with Crippen molar-refractivity contribution in [3.05, 3.63) is 94.3 Å². The Hall–Kier alpha value is -4.32. The van der Waals surface area contributed by atoms with Crippen LogP contribution in [0.5, 0.6) is 0 Å². The molecule has 7 rings (SSSR count). The van der Waals surface area contributed by atoms with Gasteiger partial charge >= 0.3 is 6.18 Å². The largest absolute Gasteiger partial charge is 0.416 e. The third-order valence-corrected chi connectivity index (χ3v) is 10.1. The van der Waals surface area contributed by atoms with Gasteiger partial charge in [0.2, 0.25) is 0 Å². The lowest BCUT2D eigenvalue weighted by molar-refractivity contribution is -0.138. The third kappa shape index (κ3) is 5.74. The Bertz CT molecular complexity index is 1760. The minimum atomic E-state index is -4.60. The molecule has 2 saturated carbocycles. The van der Waals surface area contributed by atoms with Crippen molar-refractivity contribution in [3.8, 4) is 0 Å². The Morgan fingerprint density at radius 2 is 1.74 bits per heavy atom. The Morgan fingerprint density at radius 1 is 0.978 bits per heavy atom. The predicted octanol–water partition coefficient (Wildman–Crippen LogP) is 6.09. The number of hydrogen-bond acceptors (Lipinski definition) is 7. The summed E-state index contributed by atoms with van der Waals surface area (Å²) in [5, 5.41) is 15.2. The third-order valence-electron chi connectivity index (χ3n) is 10.1. The second-order valence-electron chi connectivity index (χ2n) is 13.3. The quantitative estimate of drug-likeness (QED) is 0.219. The van der Waals surface area contributed by atoms with Gasteiger partial charge in [-0.05, 0) is 97.7 Å². The molecule has 0 spiro atoms. The highest BCUT2D eigenvalue weighted by Gasteiger charge is 2.43. The molecule has 0 bridgehead atoms. The summed E-state index contributed by atoms with van der Waals surface area (Å²) in [6, 6.07) is 10.5. The fraction of sp³-hybridized carbons (Fsp3) is 0.441. The standard InChI is InChI=1S/C34H37F3N8O/c1-32(7-3-8-32)40-19-23-13-25-26(27(14-23)34(35,36)37)20-45(31(25)46)29-16-24(15-28(42-29)39-18-22-5-11-38-12-6-22)33(9-4-10-33)17-30-43-41-21-44(30)2/h5-6,11-16,21,40H,3-4,7-10,17-20H2,1-2H3,(H,39,42). The van der Waals surface area contributed by atoms with E-state index in [1.807, 2.05) is 35.9 Å². The summed E-state index contributed by atoms with van der Waals surface area (Å²) in [7, 11) is 1.91. The van der Waals surface area contributed by atoms with Gasteiger partial charge in [-0.1, -0.05) is 6.42 Å². The van der Waals surface area contributed by atoms with Gasteiger partial charge in [-0.3, -0.25) is 14.7 Å². The van der Waals surface area contributed by atoms with Gasteiger partial charge in [0.1, 0.15) is 23.8 Å². The van der Waals surface area contributed by atoms with Gasteiger partial charge in [0.05, 0.1) is 12.1 Å². The van der Waals surface area contributed by atoms with Crippen LogP contribution in [0.25, 0.3) is 0 Å². The molecule has 1 amide bonds. The van der Waals surface area contributed by atoms with E-state index in [4.69, 9.17) is 4.98 Å². The summed E-state index contributed by atoms with van der Waals surface area (Å²) >= 11 is 0. The van der Waals surface area contributed by atoms with Crippen LogP contribution >= 0.6 is 0 Å². The van der Waals surface area contributed by atoms with Gasteiger partial charge in [-0.2, -0.15) is 13.2 Å². The number of carbonyl (C=O) groups excluding carboxylic acids is 1. The van der Waals surface area contributed by atoms with Crippen LogP contribution in [0.3, 0.4) is 0 Å². The van der Waals surface area contributed by atoms with E-state index in [0.29, 0.717) is 30.2 Å². The lowest BCUT2D eigenvalue weighted by Gasteiger charge is -2.42. The molecule has 2 fully saturated rings. The van der Waals surface area contributed by atoms with Crippen LogP contribution in [0.2, 0.25) is 0 Å². The molecule has 2 N–H and O–H groups in total. The molecule has 240 valence electrons. The van der Waals surface area contributed by atoms with Crippen molar-refractivity contribution in [1.82, 2.24) is 30.0 Å². The summed E-state index contributed by atoms with van der Waals surface area (Å²) in [6.07, 6.45) is 7.07. The molecule has 12 heteroatoms. The number of carbonyl (C=O) groups is 1. The number of aromatic nitrogens is 5. The molecular formula is C34H37F3N8O. The van der Waals surface area contributed by atoms with Crippen LogP contribution < -0.4 is 15.5 Å². The zero-order chi connectivity index (χ0) is 32.1. The maximum absolute atomic E-state index is 14.5. The summed E-state index contributed by atoms with van der Waals surface area (Å²) in [5.74, 6) is 1.25. The molecule has 1 aromatic carbocycles. The highest BCUT2D eigenvalue weighted by molar-refractivity contribution is 6.10. The molecule has 1 aliphatic heterocycles. The molecule has 3 aliphatic rings. The van der Waals surface area contributed by atoms with Gasteiger partial charge in [0, 0.05) is 55.5 Å². The molecule has 0 unspecified atom stereocenters. The van der Waals surface area contributed by atoms with Crippen molar-refractivity contribution in [1.29, 1.82) is 0 Å². The highest BCUT2D eigenvalue weighted by atomic mass is 19.4. The van der Waals surface area contributed by atoms with Crippen molar-refractivity contribution in [3.63, 3.8) is 0 Å². The SMILES string of the molecule is Cn1cnnc1CC1(c2cc(NCc3ccncc3)nc(N3Cc4c(cc(CNC5(C)CCC5)cc4C(F)(F)F)C3=O)c2)CCC1. The first-order valence-electron chi connectivity index (χ1n) is 15.8. The Morgan fingerprint density at radius 3 is 2.37 bits per heavy atom. The lowest BCUT2D eigenvalue weighted by atomic mass is 9.62. The van der Waals surface area contributed by atoms with Crippen molar-refractivity contribution in [2.75, 3.05) is 10.2 Å². The van der Waals surface area contributed by atoms with Crippen LogP contribution in [0.4, 0.5) is 24.8 Å². The lowest BCUT2D eigenvalue weighted by Crippen LogP contribution is -2.47. The van der Waals surface area contributed by atoms with E-state index < -0.39 is 17.6 Å². The fourth-order valence-electron chi connectivity index (χ4n) is 6.89. The number of halogens is 3. The van der Waals surface area contributed by atoms with Crippen LogP contribution in [-0.2, 0) is 44.7 Å². The number of nitrogens with zero attached hydrogens (tertiary/aromatic N) is 6. The van der Waals surface area contributed by atoms with Gasteiger partial charge in [0.15, 0.2) is 0 Å². The highest BCUT2D eigenvalue weighted by Crippen LogP contribution is 2.48. The van der Waals surface area contributed by atoms with E-state index in [1.54, 1.807) is 24.8 Å². The second-order valence-corrected chi connectivity index (χ2v) is 13.3. The molecule has 0 atom stereocenters. The normalized spacial score (nSPS) is 18.2. The zero-order valence-corrected chi connectivity index (χ0v) is 26.0. The molecular weight excluding hydrogens is 593 g/mol. The summed E-state index contributed by atoms with van der Waals surface area (Å²) < 4.78 is 45.3. The van der Waals surface area contributed by atoms with Gasteiger partial charge in [-0.15, -0.1) is 10.2 Å². The molecule has 9 nitrogen and oxygen atoms in total. The Kier molecular flexibility index (Phi) is 7.57. The van der Waals surface area contributed by atoms with E-state index >= 15 is 0 Å². The Balaban J connectivity index is 1.25. The first kappa shape index (κ1) is 30.3. The molecule has 0 radical (unpaired) electrons. The van der Waals surface area contributed by atoms with Crippen molar-refractivity contribution < 1.29 is 18.0 Å². The molecule has 4 heterocycles. The maximum atomic E-state index is 14.5. The molecule has 4 aromatic rings. The number of hydrogen-bond donors (Lipinski definition) is 2. The topological polar surface area (TPSA) is 101 Å². The Labute approximate surface area is 265 Å². The van der Waals surface area contributed by atoms with Crippen LogP contribution in [-0.4, -0.2) is 36.2 Å². The number of amides is 1. The number of nitrogens with one attached hydrogen (secondary N) is 2. The predicted molar refractivity (Wildman–Crippen MR) is 167 cm³/mol. The zero-order valence-electron chi connectivity index (χ0n) is 26.0. The van der Waals surface area contributed by atoms with Crippen molar-refractivity contribution >= 4 is 17.5 Å². The number of rotatable bonds is 10. The molecule has 3 aromatic heterocycles. The van der Waals surface area contributed by atoms with Crippen LogP contribution in [0.15, 0.2) is 55.1 Å². The number of aryl methyl sites for hydroxylation is 1. The van der Waals surface area contributed by atoms with Gasteiger partial charge in [0.25, 0.3) is 5.91 Å². The van der Waals surface area contributed by atoms with Gasteiger partial charge in [-0.25, -0.2) is 4.98 Å². The summed E-state index contributed by atoms with van der Waals surface area (Å²) in [6.45, 7) is 2.61. The van der Waals surface area contributed by atoms with E-state index in [0.717, 1.165) is 55.5 Å². The molecule has 2 aliphatic carbocycles. The van der Waals surface area contributed by atoms with E-state index in [-0.39, 0.29) is 35.2 Å². The maximum Gasteiger partial charge on any atom is 0.416 e. The average molecular weight is 631 g/mol. The van der Waals surface area contributed by atoms with Crippen molar-refractivity contribution in [2.45, 2.75) is 88.6 Å².